The number of carbonyl (C=O) groups excluding carboxylic acids is 3. The lowest BCUT2D eigenvalue weighted by Gasteiger charge is -2.08. The van der Waals surface area contributed by atoms with Crippen LogP contribution in [0.3, 0.4) is 0 Å². The van der Waals surface area contributed by atoms with E-state index in [-0.39, 0.29) is 18.1 Å². The third-order valence-corrected chi connectivity index (χ3v) is 5.01. The predicted molar refractivity (Wildman–Crippen MR) is 105 cm³/mol. The van der Waals surface area contributed by atoms with Crippen molar-refractivity contribution in [2.75, 3.05) is 14.2 Å². The van der Waals surface area contributed by atoms with Crippen LogP contribution in [0.5, 0.6) is 0 Å². The van der Waals surface area contributed by atoms with Crippen molar-refractivity contribution in [1.29, 1.82) is 0 Å². The highest BCUT2D eigenvalue weighted by Crippen LogP contribution is 2.28. The van der Waals surface area contributed by atoms with Gasteiger partial charge >= 0.3 is 17.9 Å². The molecule has 2 aromatic heterocycles. The minimum absolute atomic E-state index is 0.0317. The van der Waals surface area contributed by atoms with Gasteiger partial charge in [0.05, 0.1) is 25.5 Å². The van der Waals surface area contributed by atoms with Gasteiger partial charge in [0, 0.05) is 4.90 Å². The quantitative estimate of drug-likeness (QED) is 0.297. The molecule has 0 spiro atoms. The van der Waals surface area contributed by atoms with E-state index >= 15 is 0 Å². The maximum Gasteiger partial charge on any atom is 0.373 e. The molecule has 0 radical (unpaired) electrons. The Hall–Kier alpha value is -3.46. The van der Waals surface area contributed by atoms with Gasteiger partial charge in [-0.1, -0.05) is 12.1 Å². The Balaban J connectivity index is 1.62. The number of esters is 3. The number of hydrogen-bond acceptors (Lipinski definition) is 9. The zero-order valence-corrected chi connectivity index (χ0v) is 17.0. The monoisotopic (exact) mass is 430 g/mol. The van der Waals surface area contributed by atoms with E-state index in [1.807, 2.05) is 0 Å². The van der Waals surface area contributed by atoms with Crippen molar-refractivity contribution in [3.63, 3.8) is 0 Å². The molecule has 1 aromatic carbocycles. The standard InChI is InChI=1S/C21H18O8S/c1-25-20(23)16-9-7-13(28-16)11-27-19(22)15-5-3-4-6-18(15)30-12-14-8-10-17(29-14)21(24)26-2/h3-10H,11-12H2,1-2H3. The lowest BCUT2D eigenvalue weighted by molar-refractivity contribution is 0.0434. The summed E-state index contributed by atoms with van der Waals surface area (Å²) in [6, 6.07) is 13.2. The van der Waals surface area contributed by atoms with E-state index in [0.29, 0.717) is 27.7 Å². The van der Waals surface area contributed by atoms with Gasteiger partial charge in [-0.3, -0.25) is 0 Å². The summed E-state index contributed by atoms with van der Waals surface area (Å²) in [5, 5.41) is 0. The Morgan fingerprint density at radius 1 is 0.800 bits per heavy atom. The number of methoxy groups -OCH3 is 2. The second kappa shape index (κ2) is 9.84. The summed E-state index contributed by atoms with van der Waals surface area (Å²) >= 11 is 1.36. The molecule has 9 heteroatoms. The lowest BCUT2D eigenvalue weighted by atomic mass is 10.2. The second-order valence-corrected chi connectivity index (χ2v) is 6.89. The minimum Gasteiger partial charge on any atom is -0.463 e. The number of carbonyl (C=O) groups is 3. The van der Waals surface area contributed by atoms with Gasteiger partial charge in [-0.2, -0.15) is 0 Å². The van der Waals surface area contributed by atoms with Crippen LogP contribution in [0, 0.1) is 0 Å². The maximum atomic E-state index is 12.5. The molecule has 0 aliphatic heterocycles. The smallest absolute Gasteiger partial charge is 0.373 e. The summed E-state index contributed by atoms with van der Waals surface area (Å²) in [6.45, 7) is -0.129. The number of hydrogen-bond donors (Lipinski definition) is 0. The van der Waals surface area contributed by atoms with Crippen LogP contribution in [-0.2, 0) is 26.6 Å². The zero-order valence-electron chi connectivity index (χ0n) is 16.2. The van der Waals surface area contributed by atoms with Crippen molar-refractivity contribution < 1.29 is 37.4 Å². The summed E-state index contributed by atoms with van der Waals surface area (Å²) < 4.78 is 25.2. The van der Waals surface area contributed by atoms with Crippen molar-refractivity contribution >= 4 is 29.7 Å². The van der Waals surface area contributed by atoms with Crippen LogP contribution in [-0.4, -0.2) is 32.1 Å². The average Bonchev–Trinajstić information content (AvgIpc) is 3.45. The van der Waals surface area contributed by atoms with Crippen LogP contribution in [0.1, 0.15) is 43.0 Å². The summed E-state index contributed by atoms with van der Waals surface area (Å²) in [5.74, 6) is -0.263. The van der Waals surface area contributed by atoms with Crippen LogP contribution < -0.4 is 0 Å². The van der Waals surface area contributed by atoms with Crippen LogP contribution in [0.25, 0.3) is 0 Å². The number of benzene rings is 1. The van der Waals surface area contributed by atoms with E-state index in [1.165, 1.54) is 44.2 Å². The molecule has 0 atom stereocenters. The number of rotatable bonds is 8. The van der Waals surface area contributed by atoms with Crippen LogP contribution in [0.2, 0.25) is 0 Å². The van der Waals surface area contributed by atoms with Gasteiger partial charge in [0.1, 0.15) is 18.1 Å². The molecule has 8 nitrogen and oxygen atoms in total. The summed E-state index contributed by atoms with van der Waals surface area (Å²) in [5.41, 5.74) is 0.377. The normalized spacial score (nSPS) is 10.5. The molecule has 2 heterocycles. The molecule has 0 saturated heterocycles. The summed E-state index contributed by atoms with van der Waals surface area (Å²) in [6.07, 6.45) is 0. The predicted octanol–water partition coefficient (Wildman–Crippen LogP) is 4.10. The first-order valence-electron chi connectivity index (χ1n) is 8.75. The molecule has 3 rings (SSSR count). The van der Waals surface area contributed by atoms with E-state index in [9.17, 15) is 14.4 Å². The van der Waals surface area contributed by atoms with Crippen molar-refractivity contribution in [2.45, 2.75) is 17.3 Å². The molecule has 0 aliphatic carbocycles. The van der Waals surface area contributed by atoms with Gasteiger partial charge in [-0.25, -0.2) is 14.4 Å². The second-order valence-electron chi connectivity index (χ2n) is 5.88. The number of furan rings is 2. The summed E-state index contributed by atoms with van der Waals surface area (Å²) in [7, 11) is 2.53. The van der Waals surface area contributed by atoms with Crippen molar-refractivity contribution in [3.05, 3.63) is 77.1 Å². The van der Waals surface area contributed by atoms with E-state index in [1.54, 1.807) is 30.3 Å². The van der Waals surface area contributed by atoms with Crippen molar-refractivity contribution in [2.24, 2.45) is 0 Å². The minimum atomic E-state index is -0.609. The lowest BCUT2D eigenvalue weighted by Crippen LogP contribution is -2.06. The maximum absolute atomic E-state index is 12.5. The first-order valence-corrected chi connectivity index (χ1v) is 9.73. The molecule has 0 N–H and O–H groups in total. The van der Waals surface area contributed by atoms with E-state index in [4.69, 9.17) is 13.6 Å². The molecule has 30 heavy (non-hydrogen) atoms. The first kappa shape index (κ1) is 21.3. The average molecular weight is 430 g/mol. The molecule has 0 amide bonds. The fraction of sp³-hybridized carbons (Fsp3) is 0.190. The molecule has 0 aliphatic rings. The summed E-state index contributed by atoms with van der Waals surface area (Å²) in [4.78, 5) is 36.1. The van der Waals surface area contributed by atoms with E-state index < -0.39 is 17.9 Å². The fourth-order valence-corrected chi connectivity index (χ4v) is 3.39. The molecular weight excluding hydrogens is 412 g/mol. The topological polar surface area (TPSA) is 105 Å². The Morgan fingerprint density at radius 2 is 1.40 bits per heavy atom. The van der Waals surface area contributed by atoms with Crippen LogP contribution in [0.4, 0.5) is 0 Å². The largest absolute Gasteiger partial charge is 0.463 e. The highest BCUT2D eigenvalue weighted by atomic mass is 32.2. The molecule has 0 bridgehead atoms. The van der Waals surface area contributed by atoms with Crippen LogP contribution >= 0.6 is 11.8 Å². The zero-order chi connectivity index (χ0) is 21.5. The van der Waals surface area contributed by atoms with Gasteiger partial charge < -0.3 is 23.0 Å². The Bertz CT molecular complexity index is 1050. The molecule has 0 fully saturated rings. The molecular formula is C21H18O8S. The first-order chi connectivity index (χ1) is 14.5. The molecule has 0 unspecified atom stereocenters. The van der Waals surface area contributed by atoms with Crippen LogP contribution in [0.15, 0.2) is 62.3 Å². The molecule has 156 valence electrons. The third-order valence-electron chi connectivity index (χ3n) is 3.92. The highest BCUT2D eigenvalue weighted by Gasteiger charge is 2.17. The van der Waals surface area contributed by atoms with E-state index in [2.05, 4.69) is 9.47 Å². The Labute approximate surface area is 176 Å². The Kier molecular flexibility index (Phi) is 6.97. The van der Waals surface area contributed by atoms with Gasteiger partial charge in [0.2, 0.25) is 11.5 Å². The van der Waals surface area contributed by atoms with Gasteiger partial charge in [-0.15, -0.1) is 11.8 Å². The highest BCUT2D eigenvalue weighted by molar-refractivity contribution is 7.98. The Morgan fingerprint density at radius 3 is 2.07 bits per heavy atom. The van der Waals surface area contributed by atoms with Crippen molar-refractivity contribution in [1.82, 2.24) is 0 Å². The number of ether oxygens (including phenoxy) is 3. The molecule has 3 aromatic rings. The van der Waals surface area contributed by atoms with Gasteiger partial charge in [0.25, 0.3) is 0 Å². The SMILES string of the molecule is COC(=O)c1ccc(COC(=O)c2ccccc2SCc2ccc(C(=O)OC)o2)o1. The van der Waals surface area contributed by atoms with Crippen molar-refractivity contribution in [3.8, 4) is 0 Å². The molecule has 0 saturated carbocycles. The van der Waals surface area contributed by atoms with Gasteiger partial charge in [-0.05, 0) is 36.4 Å². The third kappa shape index (κ3) is 5.12. The van der Waals surface area contributed by atoms with E-state index in [0.717, 1.165) is 0 Å². The van der Waals surface area contributed by atoms with Gasteiger partial charge in [0.15, 0.2) is 0 Å². The number of thioether (sulfide) groups is 1. The fourth-order valence-electron chi connectivity index (χ4n) is 2.46.